The highest BCUT2D eigenvalue weighted by Gasteiger charge is 2.10. The first kappa shape index (κ1) is 23.7. The second-order valence-corrected chi connectivity index (χ2v) is 7.09. The van der Waals surface area contributed by atoms with Crippen LogP contribution >= 0.6 is 0 Å². The third-order valence-corrected chi connectivity index (χ3v) is 4.11. The van der Waals surface area contributed by atoms with Gasteiger partial charge in [0.25, 0.3) is 11.8 Å². The predicted molar refractivity (Wildman–Crippen MR) is 115 cm³/mol. The molecule has 2 aromatic rings. The smallest absolute Gasteiger partial charge is 0.338 e. The molecule has 8 nitrogen and oxygen atoms in total. The average Bonchev–Trinajstić information content (AvgIpc) is 2.76. The number of hydrogen-bond donors (Lipinski definition) is 2. The molecule has 0 radical (unpaired) electrons. The van der Waals surface area contributed by atoms with Gasteiger partial charge in [-0.05, 0) is 61.7 Å². The Morgan fingerprint density at radius 1 is 0.903 bits per heavy atom. The second-order valence-electron chi connectivity index (χ2n) is 7.09. The highest BCUT2D eigenvalue weighted by molar-refractivity contribution is 5.95. The summed E-state index contributed by atoms with van der Waals surface area (Å²) in [5.41, 5.74) is 5.39. The molecule has 2 amide bonds. The topological polar surface area (TPSA) is 103 Å². The summed E-state index contributed by atoms with van der Waals surface area (Å²) in [5, 5.41) is 0. The number of benzene rings is 2. The van der Waals surface area contributed by atoms with Crippen LogP contribution in [0.15, 0.2) is 48.5 Å². The molecule has 0 aromatic heterocycles. The molecule has 0 bridgehead atoms. The molecule has 166 valence electrons. The predicted octanol–water partition coefficient (Wildman–Crippen LogP) is 3.13. The highest BCUT2D eigenvalue weighted by atomic mass is 16.5. The third kappa shape index (κ3) is 8.38. The fourth-order valence-electron chi connectivity index (χ4n) is 2.42. The molecule has 8 heteroatoms. The maximum absolute atomic E-state index is 12.2. The van der Waals surface area contributed by atoms with E-state index < -0.39 is 17.8 Å². The fraction of sp³-hybridized carbons (Fsp3) is 0.348. The Kier molecular flexibility index (Phi) is 9.35. The van der Waals surface area contributed by atoms with Crippen molar-refractivity contribution in [3.8, 4) is 11.5 Å². The summed E-state index contributed by atoms with van der Waals surface area (Å²) < 4.78 is 15.9. The molecule has 2 N–H and O–H groups in total. The minimum absolute atomic E-state index is 0.290. The number of hydrazine groups is 1. The zero-order chi connectivity index (χ0) is 22.6. The monoisotopic (exact) mass is 428 g/mol. The molecular formula is C23H28N2O6. The fourth-order valence-corrected chi connectivity index (χ4v) is 2.42. The van der Waals surface area contributed by atoms with Gasteiger partial charge in [-0.1, -0.05) is 19.9 Å². The number of hydrogen-bond acceptors (Lipinski definition) is 6. The summed E-state index contributed by atoms with van der Waals surface area (Å²) >= 11 is 0. The van der Waals surface area contributed by atoms with E-state index >= 15 is 0 Å². The van der Waals surface area contributed by atoms with Crippen LogP contribution in [0.25, 0.3) is 0 Å². The number of nitrogens with one attached hydrogen (secondary N) is 2. The van der Waals surface area contributed by atoms with Gasteiger partial charge in [0.2, 0.25) is 0 Å². The molecule has 0 heterocycles. The SMILES string of the molecule is CCOC(=O)c1ccc(OCC(=O)NNC(=O)c2cccc(OCCC(C)C)c2)cc1. The van der Waals surface area contributed by atoms with Gasteiger partial charge in [-0.25, -0.2) is 4.79 Å². The van der Waals surface area contributed by atoms with Crippen LogP contribution < -0.4 is 20.3 Å². The quantitative estimate of drug-likeness (QED) is 0.445. The van der Waals surface area contributed by atoms with Crippen LogP contribution in [0, 0.1) is 5.92 Å². The summed E-state index contributed by atoms with van der Waals surface area (Å²) in [5.74, 6) is 0.0897. The minimum Gasteiger partial charge on any atom is -0.494 e. The van der Waals surface area contributed by atoms with Crippen LogP contribution in [-0.2, 0) is 9.53 Å². The molecule has 0 aliphatic heterocycles. The summed E-state index contributed by atoms with van der Waals surface area (Å²) in [6.07, 6.45) is 0.915. The first-order chi connectivity index (χ1) is 14.9. The van der Waals surface area contributed by atoms with Crippen molar-refractivity contribution in [1.82, 2.24) is 10.9 Å². The Bertz CT molecular complexity index is 880. The molecular weight excluding hydrogens is 400 g/mol. The lowest BCUT2D eigenvalue weighted by molar-refractivity contribution is -0.123. The van der Waals surface area contributed by atoms with E-state index in [-0.39, 0.29) is 6.61 Å². The average molecular weight is 428 g/mol. The largest absolute Gasteiger partial charge is 0.494 e. The van der Waals surface area contributed by atoms with Gasteiger partial charge >= 0.3 is 5.97 Å². The van der Waals surface area contributed by atoms with Crippen molar-refractivity contribution in [2.24, 2.45) is 5.92 Å². The van der Waals surface area contributed by atoms with Gasteiger partial charge in [0.05, 0.1) is 18.8 Å². The van der Waals surface area contributed by atoms with Crippen molar-refractivity contribution >= 4 is 17.8 Å². The summed E-state index contributed by atoms with van der Waals surface area (Å²) in [4.78, 5) is 35.8. The molecule has 0 saturated carbocycles. The Labute approximate surface area is 181 Å². The Hall–Kier alpha value is -3.55. The molecule has 0 atom stereocenters. The lowest BCUT2D eigenvalue weighted by atomic mass is 10.1. The standard InChI is InChI=1S/C23H28N2O6/c1-4-29-23(28)17-8-10-19(11-9-17)31-15-21(26)24-25-22(27)18-6-5-7-20(14-18)30-13-12-16(2)3/h5-11,14,16H,4,12-13,15H2,1-3H3,(H,24,26)(H,25,27). The van der Waals surface area contributed by atoms with Crippen LogP contribution in [0.1, 0.15) is 47.9 Å². The van der Waals surface area contributed by atoms with Crippen molar-refractivity contribution in [2.45, 2.75) is 27.2 Å². The summed E-state index contributed by atoms with van der Waals surface area (Å²) in [6, 6.07) is 12.9. The Morgan fingerprint density at radius 3 is 2.32 bits per heavy atom. The molecule has 2 rings (SSSR count). The molecule has 0 aliphatic carbocycles. The van der Waals surface area contributed by atoms with E-state index in [1.807, 2.05) is 0 Å². The minimum atomic E-state index is -0.535. The van der Waals surface area contributed by atoms with Gasteiger partial charge in [0.15, 0.2) is 6.61 Å². The van der Waals surface area contributed by atoms with Crippen LogP contribution in [0.2, 0.25) is 0 Å². The normalized spacial score (nSPS) is 10.3. The van der Waals surface area contributed by atoms with E-state index in [0.29, 0.717) is 41.8 Å². The number of rotatable bonds is 10. The molecule has 0 spiro atoms. The molecule has 0 unspecified atom stereocenters. The first-order valence-corrected chi connectivity index (χ1v) is 10.1. The lowest BCUT2D eigenvalue weighted by Crippen LogP contribution is -2.43. The molecule has 0 saturated heterocycles. The van der Waals surface area contributed by atoms with Crippen LogP contribution in [-0.4, -0.2) is 37.6 Å². The number of ether oxygens (including phenoxy) is 3. The van der Waals surface area contributed by atoms with E-state index in [1.54, 1.807) is 55.5 Å². The number of carbonyl (C=O) groups excluding carboxylic acids is 3. The highest BCUT2D eigenvalue weighted by Crippen LogP contribution is 2.15. The third-order valence-electron chi connectivity index (χ3n) is 4.11. The summed E-state index contributed by atoms with van der Waals surface area (Å²) in [6.45, 7) is 6.49. The maximum atomic E-state index is 12.2. The van der Waals surface area contributed by atoms with Crippen molar-refractivity contribution in [3.05, 3.63) is 59.7 Å². The molecule has 2 aromatic carbocycles. The van der Waals surface area contributed by atoms with Gasteiger partial charge in [-0.2, -0.15) is 0 Å². The van der Waals surface area contributed by atoms with Gasteiger partial charge < -0.3 is 14.2 Å². The van der Waals surface area contributed by atoms with E-state index in [2.05, 4.69) is 24.7 Å². The molecule has 31 heavy (non-hydrogen) atoms. The van der Waals surface area contributed by atoms with Gasteiger partial charge in [-0.3, -0.25) is 20.4 Å². The zero-order valence-electron chi connectivity index (χ0n) is 18.0. The van der Waals surface area contributed by atoms with Crippen LogP contribution in [0.4, 0.5) is 0 Å². The number of amides is 2. The number of carbonyl (C=O) groups is 3. The van der Waals surface area contributed by atoms with Gasteiger partial charge in [0, 0.05) is 5.56 Å². The second kappa shape index (κ2) is 12.2. The number of esters is 1. The lowest BCUT2D eigenvalue weighted by Gasteiger charge is -2.11. The van der Waals surface area contributed by atoms with E-state index in [4.69, 9.17) is 14.2 Å². The zero-order valence-corrected chi connectivity index (χ0v) is 18.0. The van der Waals surface area contributed by atoms with Crippen molar-refractivity contribution in [1.29, 1.82) is 0 Å². The van der Waals surface area contributed by atoms with Gasteiger partial charge in [-0.15, -0.1) is 0 Å². The van der Waals surface area contributed by atoms with Gasteiger partial charge in [0.1, 0.15) is 11.5 Å². The Balaban J connectivity index is 1.77. The first-order valence-electron chi connectivity index (χ1n) is 10.1. The van der Waals surface area contributed by atoms with Crippen molar-refractivity contribution in [2.75, 3.05) is 19.8 Å². The maximum Gasteiger partial charge on any atom is 0.338 e. The van der Waals surface area contributed by atoms with Crippen molar-refractivity contribution < 1.29 is 28.6 Å². The van der Waals surface area contributed by atoms with E-state index in [1.165, 1.54) is 0 Å². The molecule has 0 fully saturated rings. The van der Waals surface area contributed by atoms with Crippen LogP contribution in [0.3, 0.4) is 0 Å². The Morgan fingerprint density at radius 2 is 1.65 bits per heavy atom. The molecule has 0 aliphatic rings. The van der Waals surface area contributed by atoms with E-state index in [9.17, 15) is 14.4 Å². The van der Waals surface area contributed by atoms with Crippen LogP contribution in [0.5, 0.6) is 11.5 Å². The summed E-state index contributed by atoms with van der Waals surface area (Å²) in [7, 11) is 0. The van der Waals surface area contributed by atoms with E-state index in [0.717, 1.165) is 6.42 Å². The van der Waals surface area contributed by atoms with Crippen molar-refractivity contribution in [3.63, 3.8) is 0 Å².